The number of morpholine rings is 1. The highest BCUT2D eigenvalue weighted by molar-refractivity contribution is 5.82. The Morgan fingerprint density at radius 3 is 2.90 bits per heavy atom. The molecule has 1 N–H and O–H groups in total. The van der Waals surface area contributed by atoms with Crippen molar-refractivity contribution in [3.05, 3.63) is 18.0 Å². The summed E-state index contributed by atoms with van der Waals surface area (Å²) in [5, 5.41) is 7.19. The van der Waals surface area contributed by atoms with Crippen LogP contribution in [0.15, 0.2) is 16.9 Å². The summed E-state index contributed by atoms with van der Waals surface area (Å²) in [5.74, 6) is 0.156. The Hall–Kier alpha value is -1.44. The van der Waals surface area contributed by atoms with Crippen LogP contribution in [0.1, 0.15) is 12.6 Å². The molecule has 3 heterocycles. The normalized spacial score (nSPS) is 27.8. The minimum absolute atomic E-state index is 0.0561. The van der Waals surface area contributed by atoms with Gasteiger partial charge in [-0.1, -0.05) is 5.16 Å². The van der Waals surface area contributed by atoms with Gasteiger partial charge >= 0.3 is 0 Å². The summed E-state index contributed by atoms with van der Waals surface area (Å²) in [4.78, 5) is 16.7. The van der Waals surface area contributed by atoms with Gasteiger partial charge in [0.15, 0.2) is 0 Å². The van der Waals surface area contributed by atoms with Crippen molar-refractivity contribution in [3.8, 4) is 0 Å². The second-order valence-electron chi connectivity index (χ2n) is 5.60. The van der Waals surface area contributed by atoms with Gasteiger partial charge in [0.2, 0.25) is 5.91 Å². The van der Waals surface area contributed by atoms with Crippen LogP contribution < -0.4 is 5.32 Å². The Balaban J connectivity index is 1.49. The minimum Gasteiger partial charge on any atom is -0.375 e. The highest BCUT2D eigenvalue weighted by Crippen LogP contribution is 2.12. The molecule has 2 fully saturated rings. The molecule has 2 atom stereocenters. The molecule has 116 valence electrons. The van der Waals surface area contributed by atoms with Crippen LogP contribution in [-0.4, -0.2) is 72.3 Å². The third-order valence-corrected chi connectivity index (χ3v) is 4.14. The summed E-state index contributed by atoms with van der Waals surface area (Å²) in [5.41, 5.74) is 0.936. The first-order valence-electron chi connectivity index (χ1n) is 7.49. The Morgan fingerprint density at radius 1 is 1.43 bits per heavy atom. The maximum atomic E-state index is 12.5. The topological polar surface area (TPSA) is 70.8 Å². The van der Waals surface area contributed by atoms with E-state index >= 15 is 0 Å². The quantitative estimate of drug-likeness (QED) is 0.825. The zero-order valence-corrected chi connectivity index (χ0v) is 12.3. The predicted molar refractivity (Wildman–Crippen MR) is 75.6 cm³/mol. The van der Waals surface area contributed by atoms with E-state index in [1.54, 1.807) is 6.26 Å². The molecular formula is C14H22N4O3. The number of ether oxygens (including phenoxy) is 1. The highest BCUT2D eigenvalue weighted by Gasteiger charge is 2.33. The first-order valence-corrected chi connectivity index (χ1v) is 7.49. The molecule has 7 heteroatoms. The lowest BCUT2D eigenvalue weighted by Gasteiger charge is -2.38. The molecule has 7 nitrogen and oxygen atoms in total. The van der Waals surface area contributed by atoms with E-state index in [1.807, 2.05) is 17.9 Å². The van der Waals surface area contributed by atoms with E-state index in [0.717, 1.165) is 45.0 Å². The smallest absolute Gasteiger partial charge is 0.242 e. The van der Waals surface area contributed by atoms with Gasteiger partial charge in [-0.25, -0.2) is 0 Å². The van der Waals surface area contributed by atoms with Crippen molar-refractivity contribution < 1.29 is 14.1 Å². The Kier molecular flexibility index (Phi) is 4.52. The van der Waals surface area contributed by atoms with Gasteiger partial charge in [0.1, 0.15) is 12.3 Å². The second-order valence-corrected chi connectivity index (χ2v) is 5.60. The van der Waals surface area contributed by atoms with Crippen molar-refractivity contribution in [2.45, 2.75) is 25.6 Å². The largest absolute Gasteiger partial charge is 0.375 e. The molecule has 2 aliphatic heterocycles. The van der Waals surface area contributed by atoms with Gasteiger partial charge in [0, 0.05) is 45.3 Å². The summed E-state index contributed by atoms with van der Waals surface area (Å²) in [6.07, 6.45) is 1.53. The van der Waals surface area contributed by atoms with Gasteiger partial charge in [-0.05, 0) is 6.92 Å². The van der Waals surface area contributed by atoms with Gasteiger partial charge in [0.05, 0.1) is 18.4 Å². The average Bonchev–Trinajstić information content (AvgIpc) is 3.01. The molecular weight excluding hydrogens is 272 g/mol. The predicted octanol–water partition coefficient (Wildman–Crippen LogP) is -0.304. The van der Waals surface area contributed by atoms with Crippen LogP contribution in [-0.2, 0) is 16.1 Å². The molecule has 21 heavy (non-hydrogen) atoms. The van der Waals surface area contributed by atoms with E-state index in [4.69, 9.17) is 9.26 Å². The molecule has 1 aromatic rings. The molecule has 3 rings (SSSR count). The number of rotatable bonds is 3. The summed E-state index contributed by atoms with van der Waals surface area (Å²) >= 11 is 0. The van der Waals surface area contributed by atoms with E-state index in [9.17, 15) is 4.79 Å². The number of hydrogen-bond acceptors (Lipinski definition) is 6. The summed E-state index contributed by atoms with van der Waals surface area (Å²) in [6, 6.07) is 1.67. The molecule has 0 bridgehead atoms. The molecule has 1 amide bonds. The van der Waals surface area contributed by atoms with Crippen LogP contribution in [0, 0.1) is 0 Å². The van der Waals surface area contributed by atoms with Gasteiger partial charge in [-0.2, -0.15) is 0 Å². The Bertz CT molecular complexity index is 457. The summed E-state index contributed by atoms with van der Waals surface area (Å²) < 4.78 is 10.4. The second kappa shape index (κ2) is 6.55. The number of amides is 1. The van der Waals surface area contributed by atoms with Crippen molar-refractivity contribution in [1.82, 2.24) is 20.3 Å². The van der Waals surface area contributed by atoms with E-state index in [0.29, 0.717) is 6.61 Å². The summed E-state index contributed by atoms with van der Waals surface area (Å²) in [6.45, 7) is 7.38. The van der Waals surface area contributed by atoms with Crippen LogP contribution in [0.25, 0.3) is 0 Å². The molecule has 2 saturated heterocycles. The van der Waals surface area contributed by atoms with Crippen LogP contribution >= 0.6 is 0 Å². The number of hydrogen-bond donors (Lipinski definition) is 1. The van der Waals surface area contributed by atoms with Crippen LogP contribution in [0.2, 0.25) is 0 Å². The number of carbonyl (C=O) groups is 1. The van der Waals surface area contributed by atoms with Crippen LogP contribution in [0.3, 0.4) is 0 Å². The fourth-order valence-electron chi connectivity index (χ4n) is 2.88. The van der Waals surface area contributed by atoms with Gasteiger partial charge in [-0.15, -0.1) is 0 Å². The number of aromatic nitrogens is 1. The van der Waals surface area contributed by atoms with Gasteiger partial charge < -0.3 is 19.5 Å². The van der Waals surface area contributed by atoms with Crippen molar-refractivity contribution >= 4 is 5.91 Å². The lowest BCUT2D eigenvalue weighted by atomic mass is 10.1. The van der Waals surface area contributed by atoms with E-state index in [-0.39, 0.29) is 18.1 Å². The Labute approximate surface area is 124 Å². The van der Waals surface area contributed by atoms with E-state index < -0.39 is 0 Å². The first kappa shape index (κ1) is 14.5. The molecule has 0 unspecified atom stereocenters. The Morgan fingerprint density at radius 2 is 2.24 bits per heavy atom. The molecule has 0 aliphatic carbocycles. The lowest BCUT2D eigenvalue weighted by Crippen LogP contribution is -2.59. The van der Waals surface area contributed by atoms with Crippen molar-refractivity contribution in [2.75, 3.05) is 39.3 Å². The maximum absolute atomic E-state index is 12.5. The number of carbonyl (C=O) groups excluding carboxylic acids is 1. The average molecular weight is 294 g/mol. The number of piperazine rings is 1. The van der Waals surface area contributed by atoms with E-state index in [1.165, 1.54) is 0 Å². The minimum atomic E-state index is -0.208. The molecule has 0 radical (unpaired) electrons. The zero-order valence-electron chi connectivity index (χ0n) is 12.3. The molecule has 2 aliphatic rings. The maximum Gasteiger partial charge on any atom is 0.242 e. The van der Waals surface area contributed by atoms with E-state index in [2.05, 4.69) is 15.4 Å². The third-order valence-electron chi connectivity index (χ3n) is 4.14. The molecule has 0 saturated carbocycles. The highest BCUT2D eigenvalue weighted by atomic mass is 16.5. The van der Waals surface area contributed by atoms with Crippen LogP contribution in [0.5, 0.6) is 0 Å². The lowest BCUT2D eigenvalue weighted by molar-refractivity contribution is -0.141. The standard InChI is InChI=1S/C14H22N4O3/c1-11-13(15-3-9-20-11)14(19)18-6-4-17(5-7-18)10-12-2-8-21-16-12/h2,8,11,13,15H,3-7,9-10H2,1H3/t11-,13+/m1/s1. The molecule has 0 aromatic carbocycles. The third kappa shape index (κ3) is 3.42. The number of nitrogens with zero attached hydrogens (tertiary/aromatic N) is 3. The van der Waals surface area contributed by atoms with Crippen molar-refractivity contribution in [3.63, 3.8) is 0 Å². The molecule has 1 aromatic heterocycles. The fraction of sp³-hybridized carbons (Fsp3) is 0.714. The monoisotopic (exact) mass is 294 g/mol. The zero-order chi connectivity index (χ0) is 14.7. The van der Waals surface area contributed by atoms with Crippen LogP contribution in [0.4, 0.5) is 0 Å². The summed E-state index contributed by atoms with van der Waals surface area (Å²) in [7, 11) is 0. The fourth-order valence-corrected chi connectivity index (χ4v) is 2.88. The van der Waals surface area contributed by atoms with Gasteiger partial charge in [-0.3, -0.25) is 9.69 Å². The SMILES string of the molecule is C[C@H]1OCCN[C@@H]1C(=O)N1CCN(Cc2ccon2)CC1. The first-order chi connectivity index (χ1) is 10.2. The number of nitrogens with one attached hydrogen (secondary N) is 1. The molecule has 0 spiro atoms. The van der Waals surface area contributed by atoms with Crippen molar-refractivity contribution in [2.24, 2.45) is 0 Å². The van der Waals surface area contributed by atoms with Gasteiger partial charge in [0.25, 0.3) is 0 Å². The van der Waals surface area contributed by atoms with Crippen molar-refractivity contribution in [1.29, 1.82) is 0 Å².